The van der Waals surface area contributed by atoms with Crippen molar-refractivity contribution in [2.75, 3.05) is 44.3 Å². The molecule has 0 atom stereocenters. The monoisotopic (exact) mass is 456 g/mol. The van der Waals surface area contributed by atoms with Crippen LogP contribution in [0.15, 0.2) is 58.5 Å². The van der Waals surface area contributed by atoms with Crippen LogP contribution >= 0.6 is 0 Å². The zero-order valence-corrected chi connectivity index (χ0v) is 19.0. The van der Waals surface area contributed by atoms with E-state index in [1.54, 1.807) is 12.1 Å². The summed E-state index contributed by atoms with van der Waals surface area (Å²) in [4.78, 5) is 15.0. The molecule has 170 valence electrons. The van der Waals surface area contributed by atoms with Crippen LogP contribution < -0.4 is 10.3 Å². The maximum Gasteiger partial charge on any atom is 0.271 e. The fraction of sp³-hybridized carbons (Fsp3) is 0.391. The topological polar surface area (TPSA) is 91.3 Å². The van der Waals surface area contributed by atoms with Gasteiger partial charge in [-0.3, -0.25) is 4.79 Å². The maximum absolute atomic E-state index is 12.8. The van der Waals surface area contributed by atoms with Crippen molar-refractivity contribution >= 4 is 27.3 Å². The molecule has 1 amide bonds. The second-order valence-corrected chi connectivity index (χ2v) is 9.86. The fourth-order valence-corrected chi connectivity index (χ4v) is 5.44. The maximum atomic E-state index is 12.8. The third kappa shape index (κ3) is 5.01. The first kappa shape index (κ1) is 22.4. The molecule has 0 bridgehead atoms. The Morgan fingerprint density at radius 3 is 2.34 bits per heavy atom. The van der Waals surface area contributed by atoms with E-state index in [2.05, 4.69) is 15.4 Å². The Morgan fingerprint density at radius 1 is 0.969 bits per heavy atom. The van der Waals surface area contributed by atoms with E-state index in [4.69, 9.17) is 4.74 Å². The van der Waals surface area contributed by atoms with Crippen molar-refractivity contribution in [3.8, 4) is 0 Å². The van der Waals surface area contributed by atoms with E-state index in [1.807, 2.05) is 31.2 Å². The van der Waals surface area contributed by atoms with Gasteiger partial charge in [0, 0.05) is 37.4 Å². The summed E-state index contributed by atoms with van der Waals surface area (Å²) in [6.07, 6.45) is 1.72. The van der Waals surface area contributed by atoms with Crippen LogP contribution in [-0.4, -0.2) is 63.7 Å². The van der Waals surface area contributed by atoms with Gasteiger partial charge in [0.25, 0.3) is 5.91 Å². The summed E-state index contributed by atoms with van der Waals surface area (Å²) in [6.45, 7) is 6.06. The highest BCUT2D eigenvalue weighted by atomic mass is 32.2. The number of benzene rings is 2. The van der Waals surface area contributed by atoms with Gasteiger partial charge in [0.15, 0.2) is 0 Å². The molecule has 9 heteroatoms. The number of nitrogens with one attached hydrogen (secondary N) is 1. The number of carbonyl (C=O) groups is 1. The van der Waals surface area contributed by atoms with Crippen LogP contribution in [0.3, 0.4) is 0 Å². The number of nitrogens with zero attached hydrogens (tertiary/aromatic N) is 3. The van der Waals surface area contributed by atoms with Crippen LogP contribution in [0.5, 0.6) is 0 Å². The van der Waals surface area contributed by atoms with Gasteiger partial charge in [0.1, 0.15) is 0 Å². The molecule has 0 saturated carbocycles. The van der Waals surface area contributed by atoms with Crippen LogP contribution in [0.1, 0.15) is 35.7 Å². The number of ether oxygens (including phenoxy) is 1. The highest BCUT2D eigenvalue weighted by molar-refractivity contribution is 7.89. The Morgan fingerprint density at radius 2 is 1.66 bits per heavy atom. The SMILES string of the molecule is C/C(=N\NC(=O)c1cccc(S(=O)(=O)N2CCCC2)c1)c1ccc(N2CCOCC2)cc1. The number of hydrogen-bond donors (Lipinski definition) is 1. The first-order chi connectivity index (χ1) is 15.4. The third-order valence-electron chi connectivity index (χ3n) is 5.79. The minimum absolute atomic E-state index is 0.131. The van der Waals surface area contributed by atoms with E-state index < -0.39 is 15.9 Å². The van der Waals surface area contributed by atoms with Crippen LogP contribution in [0.25, 0.3) is 0 Å². The lowest BCUT2D eigenvalue weighted by atomic mass is 10.1. The highest BCUT2D eigenvalue weighted by Crippen LogP contribution is 2.22. The molecule has 2 aromatic carbocycles. The molecule has 2 fully saturated rings. The predicted octanol–water partition coefficient (Wildman–Crippen LogP) is 2.46. The highest BCUT2D eigenvalue weighted by Gasteiger charge is 2.27. The molecule has 8 nitrogen and oxygen atoms in total. The summed E-state index contributed by atoms with van der Waals surface area (Å²) in [5.74, 6) is -0.451. The number of hydrogen-bond acceptors (Lipinski definition) is 6. The van der Waals surface area contributed by atoms with E-state index >= 15 is 0 Å². The summed E-state index contributed by atoms with van der Waals surface area (Å²) < 4.78 is 32.4. The van der Waals surface area contributed by atoms with E-state index in [0.717, 1.165) is 50.4 Å². The van der Waals surface area contributed by atoms with E-state index in [1.165, 1.54) is 16.4 Å². The fourth-order valence-electron chi connectivity index (χ4n) is 3.87. The van der Waals surface area contributed by atoms with E-state index in [9.17, 15) is 13.2 Å². The van der Waals surface area contributed by atoms with Crippen LogP contribution in [0, 0.1) is 0 Å². The van der Waals surface area contributed by atoms with Crippen LogP contribution in [0.4, 0.5) is 5.69 Å². The van der Waals surface area contributed by atoms with Crippen molar-refractivity contribution in [1.82, 2.24) is 9.73 Å². The average Bonchev–Trinajstić information content (AvgIpc) is 3.39. The number of anilines is 1. The van der Waals surface area contributed by atoms with Gasteiger partial charge in [0.05, 0.1) is 23.8 Å². The first-order valence-electron chi connectivity index (χ1n) is 10.8. The van der Waals surface area contributed by atoms with Crippen molar-refractivity contribution in [3.63, 3.8) is 0 Å². The lowest BCUT2D eigenvalue weighted by Crippen LogP contribution is -2.36. The molecule has 2 aromatic rings. The Labute approximate surface area is 188 Å². The minimum atomic E-state index is -3.58. The summed E-state index contributed by atoms with van der Waals surface area (Å²) in [7, 11) is -3.58. The predicted molar refractivity (Wildman–Crippen MR) is 124 cm³/mol. The molecule has 2 aliphatic heterocycles. The summed E-state index contributed by atoms with van der Waals surface area (Å²) in [5, 5.41) is 4.21. The molecule has 32 heavy (non-hydrogen) atoms. The molecule has 0 aromatic heterocycles. The van der Waals surface area contributed by atoms with Gasteiger partial charge in [-0.2, -0.15) is 9.41 Å². The zero-order chi connectivity index (χ0) is 22.6. The Balaban J connectivity index is 1.42. The second-order valence-electron chi connectivity index (χ2n) is 7.92. The quantitative estimate of drug-likeness (QED) is 0.533. The normalized spacial score (nSPS) is 18.0. The van der Waals surface area contributed by atoms with Crippen LogP contribution in [0.2, 0.25) is 0 Å². The lowest BCUT2D eigenvalue weighted by Gasteiger charge is -2.28. The molecular formula is C23H28N4O4S. The minimum Gasteiger partial charge on any atom is -0.378 e. The standard InChI is InChI=1S/C23H28N4O4S/c1-18(19-7-9-21(10-8-19)26-13-15-31-16-14-26)24-25-23(28)20-5-4-6-22(17-20)32(29,30)27-11-2-3-12-27/h4-10,17H,2-3,11-16H2,1H3,(H,25,28)/b24-18+. The van der Waals surface area contributed by atoms with Crippen molar-refractivity contribution in [2.45, 2.75) is 24.7 Å². The summed E-state index contributed by atoms with van der Waals surface area (Å²) in [6, 6.07) is 14.1. The van der Waals surface area contributed by atoms with E-state index in [-0.39, 0.29) is 10.5 Å². The molecular weight excluding hydrogens is 428 g/mol. The molecule has 2 aliphatic rings. The molecule has 0 spiro atoms. The number of hydrazone groups is 1. The third-order valence-corrected chi connectivity index (χ3v) is 7.68. The lowest BCUT2D eigenvalue weighted by molar-refractivity contribution is 0.0954. The molecule has 2 saturated heterocycles. The smallest absolute Gasteiger partial charge is 0.271 e. The molecule has 0 unspecified atom stereocenters. The summed E-state index contributed by atoms with van der Waals surface area (Å²) >= 11 is 0. The van der Waals surface area contributed by atoms with Gasteiger partial charge < -0.3 is 9.64 Å². The molecule has 1 N–H and O–H groups in total. The van der Waals surface area contributed by atoms with Gasteiger partial charge in [-0.25, -0.2) is 13.8 Å². The van der Waals surface area contributed by atoms with E-state index in [0.29, 0.717) is 18.8 Å². The number of amides is 1. The Hall–Kier alpha value is -2.75. The number of carbonyl (C=O) groups excluding carboxylic acids is 1. The van der Waals surface area contributed by atoms with Gasteiger partial charge in [-0.05, 0) is 55.7 Å². The molecule has 0 radical (unpaired) electrons. The number of morpholine rings is 1. The van der Waals surface area contributed by atoms with Gasteiger partial charge in [0.2, 0.25) is 10.0 Å². The van der Waals surface area contributed by atoms with Gasteiger partial charge >= 0.3 is 0 Å². The average molecular weight is 457 g/mol. The number of rotatable bonds is 6. The molecule has 4 rings (SSSR count). The van der Waals surface area contributed by atoms with Crippen LogP contribution in [-0.2, 0) is 14.8 Å². The molecule has 0 aliphatic carbocycles. The first-order valence-corrected chi connectivity index (χ1v) is 12.3. The van der Waals surface area contributed by atoms with Crippen molar-refractivity contribution in [2.24, 2.45) is 5.10 Å². The van der Waals surface area contributed by atoms with Gasteiger partial charge in [-0.15, -0.1) is 0 Å². The van der Waals surface area contributed by atoms with Crippen molar-refractivity contribution < 1.29 is 17.9 Å². The van der Waals surface area contributed by atoms with Crippen molar-refractivity contribution in [1.29, 1.82) is 0 Å². The molecule has 2 heterocycles. The largest absolute Gasteiger partial charge is 0.378 e. The Kier molecular flexibility index (Phi) is 6.88. The van der Waals surface area contributed by atoms with Gasteiger partial charge in [-0.1, -0.05) is 18.2 Å². The number of sulfonamides is 1. The second kappa shape index (κ2) is 9.81. The Bertz CT molecular complexity index is 1090. The zero-order valence-electron chi connectivity index (χ0n) is 18.2. The van der Waals surface area contributed by atoms with Crippen molar-refractivity contribution in [3.05, 3.63) is 59.7 Å². The summed E-state index contributed by atoms with van der Waals surface area (Å²) in [5.41, 5.74) is 5.48.